The summed E-state index contributed by atoms with van der Waals surface area (Å²) in [4.78, 5) is 24.1. The topological polar surface area (TPSA) is 75.5 Å². The summed E-state index contributed by atoms with van der Waals surface area (Å²) in [6.45, 7) is 3.54. The van der Waals surface area contributed by atoms with Crippen molar-refractivity contribution in [2.45, 2.75) is 13.0 Å². The molecule has 6 nitrogen and oxygen atoms in total. The summed E-state index contributed by atoms with van der Waals surface area (Å²) in [7, 11) is 0. The fraction of sp³-hybridized carbons (Fsp3) is 0.417. The standard InChI is InChI=1S/C12H14FN3O3/c1-8-7-14-4-5-15(8)12(17)10-6-9(13)2-3-11(10)16(18)19/h2-3,6,8,14H,4-5,7H2,1H3/t8-/m0/s1. The van der Waals surface area contributed by atoms with Gasteiger partial charge in [-0.1, -0.05) is 0 Å². The number of amides is 1. The largest absolute Gasteiger partial charge is 0.333 e. The number of nitro benzene ring substituents is 1. The van der Waals surface area contributed by atoms with E-state index in [1.807, 2.05) is 6.92 Å². The maximum Gasteiger partial charge on any atom is 0.282 e. The van der Waals surface area contributed by atoms with Gasteiger partial charge in [0.1, 0.15) is 11.4 Å². The van der Waals surface area contributed by atoms with Crippen molar-refractivity contribution in [3.63, 3.8) is 0 Å². The number of benzene rings is 1. The molecule has 0 spiro atoms. The molecule has 1 amide bonds. The summed E-state index contributed by atoms with van der Waals surface area (Å²) < 4.78 is 13.2. The van der Waals surface area contributed by atoms with Crippen LogP contribution >= 0.6 is 0 Å². The Labute approximate surface area is 109 Å². The lowest BCUT2D eigenvalue weighted by Gasteiger charge is -2.33. The highest BCUT2D eigenvalue weighted by molar-refractivity contribution is 5.98. The highest BCUT2D eigenvalue weighted by atomic mass is 19.1. The van der Waals surface area contributed by atoms with E-state index in [9.17, 15) is 19.3 Å². The third-order valence-corrected chi connectivity index (χ3v) is 3.15. The maximum atomic E-state index is 13.2. The molecule has 1 aliphatic rings. The Hall–Kier alpha value is -2.02. The van der Waals surface area contributed by atoms with Crippen molar-refractivity contribution in [2.75, 3.05) is 19.6 Å². The average Bonchev–Trinajstić information content (AvgIpc) is 2.38. The van der Waals surface area contributed by atoms with Crippen LogP contribution in [0.2, 0.25) is 0 Å². The molecule has 0 unspecified atom stereocenters. The van der Waals surface area contributed by atoms with Gasteiger partial charge in [0.05, 0.1) is 4.92 Å². The molecule has 0 aliphatic carbocycles. The number of nitrogens with one attached hydrogen (secondary N) is 1. The molecule has 1 heterocycles. The lowest BCUT2D eigenvalue weighted by atomic mass is 10.1. The van der Waals surface area contributed by atoms with Gasteiger partial charge in [-0.15, -0.1) is 0 Å². The smallest absolute Gasteiger partial charge is 0.282 e. The van der Waals surface area contributed by atoms with Gasteiger partial charge in [-0.2, -0.15) is 0 Å². The van der Waals surface area contributed by atoms with Crippen molar-refractivity contribution >= 4 is 11.6 Å². The molecule has 19 heavy (non-hydrogen) atoms. The molecular formula is C12H14FN3O3. The number of halogens is 1. The van der Waals surface area contributed by atoms with Gasteiger partial charge in [-0.25, -0.2) is 4.39 Å². The van der Waals surface area contributed by atoms with Crippen molar-refractivity contribution in [3.05, 3.63) is 39.7 Å². The van der Waals surface area contributed by atoms with Gasteiger partial charge in [0.2, 0.25) is 0 Å². The van der Waals surface area contributed by atoms with E-state index in [1.165, 1.54) is 4.90 Å². The van der Waals surface area contributed by atoms with E-state index in [0.717, 1.165) is 18.2 Å². The molecule has 0 bridgehead atoms. The van der Waals surface area contributed by atoms with Crippen LogP contribution in [0.5, 0.6) is 0 Å². The van der Waals surface area contributed by atoms with Gasteiger partial charge < -0.3 is 10.2 Å². The van der Waals surface area contributed by atoms with E-state index >= 15 is 0 Å². The lowest BCUT2D eigenvalue weighted by Crippen LogP contribution is -2.52. The lowest BCUT2D eigenvalue weighted by molar-refractivity contribution is -0.385. The van der Waals surface area contributed by atoms with E-state index in [1.54, 1.807) is 0 Å². The van der Waals surface area contributed by atoms with Gasteiger partial charge in [0.25, 0.3) is 11.6 Å². The Morgan fingerprint density at radius 1 is 1.58 bits per heavy atom. The van der Waals surface area contributed by atoms with Crippen LogP contribution < -0.4 is 5.32 Å². The number of rotatable bonds is 2. The molecule has 7 heteroatoms. The molecule has 2 rings (SSSR count). The van der Waals surface area contributed by atoms with E-state index in [4.69, 9.17) is 0 Å². The van der Waals surface area contributed by atoms with Crippen LogP contribution in [0.15, 0.2) is 18.2 Å². The first-order chi connectivity index (χ1) is 9.00. The number of piperazine rings is 1. The van der Waals surface area contributed by atoms with Crippen molar-refractivity contribution in [3.8, 4) is 0 Å². The van der Waals surface area contributed by atoms with Crippen molar-refractivity contribution in [1.82, 2.24) is 10.2 Å². The first kappa shape index (κ1) is 13.4. The number of nitrogens with zero attached hydrogens (tertiary/aromatic N) is 2. The Bertz CT molecular complexity index is 521. The zero-order valence-corrected chi connectivity index (χ0v) is 10.4. The van der Waals surface area contributed by atoms with Crippen molar-refractivity contribution in [2.24, 2.45) is 0 Å². The normalized spacial score (nSPS) is 19.3. The predicted molar refractivity (Wildman–Crippen MR) is 66.4 cm³/mol. The van der Waals surface area contributed by atoms with Gasteiger partial charge in [-0.05, 0) is 19.1 Å². The minimum absolute atomic E-state index is 0.0795. The first-order valence-electron chi connectivity index (χ1n) is 5.96. The summed E-state index contributed by atoms with van der Waals surface area (Å²) in [5.74, 6) is -1.16. The second kappa shape index (κ2) is 5.31. The van der Waals surface area contributed by atoms with Crippen LogP contribution in [-0.4, -0.2) is 41.4 Å². The second-order valence-electron chi connectivity index (χ2n) is 4.47. The Morgan fingerprint density at radius 3 is 2.95 bits per heavy atom. The van der Waals surface area contributed by atoms with Crippen molar-refractivity contribution in [1.29, 1.82) is 0 Å². The van der Waals surface area contributed by atoms with Crippen LogP contribution in [0, 0.1) is 15.9 Å². The second-order valence-corrected chi connectivity index (χ2v) is 4.47. The molecule has 0 saturated carbocycles. The molecule has 1 fully saturated rings. The molecule has 1 aromatic rings. The summed E-state index contributed by atoms with van der Waals surface area (Å²) >= 11 is 0. The fourth-order valence-corrected chi connectivity index (χ4v) is 2.14. The zero-order valence-electron chi connectivity index (χ0n) is 10.4. The summed E-state index contributed by atoms with van der Waals surface area (Å²) in [5.41, 5.74) is -0.559. The van der Waals surface area contributed by atoms with E-state index in [0.29, 0.717) is 19.6 Å². The summed E-state index contributed by atoms with van der Waals surface area (Å²) in [5, 5.41) is 14.0. The predicted octanol–water partition coefficient (Wildman–Crippen LogP) is 1.17. The monoisotopic (exact) mass is 267 g/mol. The third-order valence-electron chi connectivity index (χ3n) is 3.15. The first-order valence-corrected chi connectivity index (χ1v) is 5.96. The molecule has 1 saturated heterocycles. The van der Waals surface area contributed by atoms with Crippen molar-refractivity contribution < 1.29 is 14.1 Å². The number of carbonyl (C=O) groups excluding carboxylic acids is 1. The minimum Gasteiger partial charge on any atom is -0.333 e. The quantitative estimate of drug-likeness (QED) is 0.644. The van der Waals surface area contributed by atoms with Gasteiger partial charge in [0.15, 0.2) is 0 Å². The average molecular weight is 267 g/mol. The molecule has 102 valence electrons. The molecule has 0 aromatic heterocycles. The zero-order chi connectivity index (χ0) is 14.0. The SMILES string of the molecule is C[C@H]1CNCCN1C(=O)c1cc(F)ccc1[N+](=O)[O-]. The van der Waals surface area contributed by atoms with Crippen LogP contribution in [-0.2, 0) is 0 Å². The van der Waals surface area contributed by atoms with E-state index in [-0.39, 0.29) is 17.3 Å². The van der Waals surface area contributed by atoms with Crippen LogP contribution in [0.1, 0.15) is 17.3 Å². The molecule has 1 aliphatic heterocycles. The number of carbonyl (C=O) groups is 1. The van der Waals surface area contributed by atoms with Crippen LogP contribution in [0.3, 0.4) is 0 Å². The number of hydrogen-bond acceptors (Lipinski definition) is 4. The van der Waals surface area contributed by atoms with Gasteiger partial charge >= 0.3 is 0 Å². The highest BCUT2D eigenvalue weighted by Gasteiger charge is 2.29. The molecule has 1 aromatic carbocycles. The van der Waals surface area contributed by atoms with Gasteiger partial charge in [-0.3, -0.25) is 14.9 Å². The third kappa shape index (κ3) is 2.70. The van der Waals surface area contributed by atoms with E-state index < -0.39 is 16.6 Å². The number of hydrogen-bond donors (Lipinski definition) is 1. The maximum absolute atomic E-state index is 13.2. The molecule has 1 N–H and O–H groups in total. The Kier molecular flexibility index (Phi) is 3.75. The summed E-state index contributed by atoms with van der Waals surface area (Å²) in [6.07, 6.45) is 0. The Balaban J connectivity index is 2.37. The molecule has 1 atom stereocenters. The Morgan fingerprint density at radius 2 is 2.32 bits per heavy atom. The summed E-state index contributed by atoms with van der Waals surface area (Å²) in [6, 6.07) is 2.85. The number of nitro groups is 1. The molecular weight excluding hydrogens is 253 g/mol. The highest BCUT2D eigenvalue weighted by Crippen LogP contribution is 2.22. The minimum atomic E-state index is -0.667. The fourth-order valence-electron chi connectivity index (χ4n) is 2.14. The molecule has 0 radical (unpaired) electrons. The van der Waals surface area contributed by atoms with Crippen LogP contribution in [0.4, 0.5) is 10.1 Å². The van der Waals surface area contributed by atoms with E-state index in [2.05, 4.69) is 5.32 Å². The van der Waals surface area contributed by atoms with Gasteiger partial charge in [0, 0.05) is 31.7 Å². The van der Waals surface area contributed by atoms with Crippen LogP contribution in [0.25, 0.3) is 0 Å².